The number of nitrogens with zero attached hydrogens (tertiary/aromatic N) is 2. The van der Waals surface area contributed by atoms with Crippen molar-refractivity contribution in [3.63, 3.8) is 0 Å². The van der Waals surface area contributed by atoms with Gasteiger partial charge in [0.05, 0.1) is 7.11 Å². The first kappa shape index (κ1) is 17.3. The highest BCUT2D eigenvalue weighted by molar-refractivity contribution is 5.79. The van der Waals surface area contributed by atoms with Crippen LogP contribution in [0.2, 0.25) is 0 Å². The Morgan fingerprint density at radius 2 is 1.92 bits per heavy atom. The molecule has 1 aromatic rings. The Balaban J connectivity index is 1.51. The smallest absolute Gasteiger partial charge is 0.225 e. The largest absolute Gasteiger partial charge is 0.496 e. The lowest BCUT2D eigenvalue weighted by Crippen LogP contribution is -2.45. The summed E-state index contributed by atoms with van der Waals surface area (Å²) in [6.45, 7) is 7.08. The third-order valence-electron chi connectivity index (χ3n) is 5.49. The summed E-state index contributed by atoms with van der Waals surface area (Å²) in [6.07, 6.45) is 4.40. The second-order valence-electron chi connectivity index (χ2n) is 7.39. The maximum Gasteiger partial charge on any atom is 0.225 e. The van der Waals surface area contributed by atoms with E-state index in [-0.39, 0.29) is 5.92 Å². The standard InChI is InChI=1S/C20H30N2O2/c1-16-6-5-11-22(14-16)20(23)17-9-12-21(13-10-17)15-18-7-3-4-8-19(18)24-2/h3-4,7-8,16-17H,5-6,9-15H2,1-2H3/t16-/m1/s1. The van der Waals surface area contributed by atoms with Crippen LogP contribution in [0.4, 0.5) is 0 Å². The number of hydrogen-bond acceptors (Lipinski definition) is 3. The fraction of sp³-hybridized carbons (Fsp3) is 0.650. The predicted octanol–water partition coefficient (Wildman–Crippen LogP) is 3.17. The Labute approximate surface area is 145 Å². The number of methoxy groups -OCH3 is 1. The highest BCUT2D eigenvalue weighted by Gasteiger charge is 2.30. The normalized spacial score (nSPS) is 23.2. The lowest BCUT2D eigenvalue weighted by Gasteiger charge is -2.37. The first-order valence-electron chi connectivity index (χ1n) is 9.30. The number of amides is 1. The van der Waals surface area contributed by atoms with Gasteiger partial charge in [-0.05, 0) is 50.8 Å². The Hall–Kier alpha value is -1.55. The Morgan fingerprint density at radius 3 is 2.62 bits per heavy atom. The van der Waals surface area contributed by atoms with Gasteiger partial charge in [0.15, 0.2) is 0 Å². The average molecular weight is 330 g/mol. The second-order valence-corrected chi connectivity index (χ2v) is 7.39. The van der Waals surface area contributed by atoms with E-state index in [1.54, 1.807) is 7.11 Å². The molecule has 0 bridgehead atoms. The highest BCUT2D eigenvalue weighted by atomic mass is 16.5. The number of carbonyl (C=O) groups is 1. The van der Waals surface area contributed by atoms with Gasteiger partial charge in [0.25, 0.3) is 0 Å². The van der Waals surface area contributed by atoms with Crippen LogP contribution in [0.5, 0.6) is 5.75 Å². The molecule has 2 heterocycles. The van der Waals surface area contributed by atoms with Crippen LogP contribution in [-0.2, 0) is 11.3 Å². The molecule has 4 nitrogen and oxygen atoms in total. The Bertz CT molecular complexity index is 552. The number of hydrogen-bond donors (Lipinski definition) is 0. The van der Waals surface area contributed by atoms with Gasteiger partial charge >= 0.3 is 0 Å². The van der Waals surface area contributed by atoms with Crippen molar-refractivity contribution in [1.82, 2.24) is 9.80 Å². The monoisotopic (exact) mass is 330 g/mol. The minimum absolute atomic E-state index is 0.226. The topological polar surface area (TPSA) is 32.8 Å². The third-order valence-corrected chi connectivity index (χ3v) is 5.49. The van der Waals surface area contributed by atoms with Gasteiger partial charge in [-0.15, -0.1) is 0 Å². The SMILES string of the molecule is COc1ccccc1CN1CCC(C(=O)N2CCC[C@@H](C)C2)CC1. The molecule has 0 spiro atoms. The van der Waals surface area contributed by atoms with E-state index in [1.165, 1.54) is 18.4 Å². The predicted molar refractivity (Wildman–Crippen MR) is 96.0 cm³/mol. The fourth-order valence-corrected chi connectivity index (χ4v) is 4.06. The quantitative estimate of drug-likeness (QED) is 0.850. The van der Waals surface area contributed by atoms with E-state index < -0.39 is 0 Å². The maximum atomic E-state index is 12.8. The van der Waals surface area contributed by atoms with Crippen LogP contribution < -0.4 is 4.74 Å². The summed E-state index contributed by atoms with van der Waals surface area (Å²) in [7, 11) is 1.73. The molecule has 2 aliphatic rings. The highest BCUT2D eigenvalue weighted by Crippen LogP contribution is 2.26. The van der Waals surface area contributed by atoms with Gasteiger partial charge in [-0.1, -0.05) is 25.1 Å². The molecule has 0 radical (unpaired) electrons. The summed E-state index contributed by atoms with van der Waals surface area (Å²) in [5, 5.41) is 0. The summed E-state index contributed by atoms with van der Waals surface area (Å²) in [6, 6.07) is 8.22. The van der Waals surface area contributed by atoms with Gasteiger partial charge in [0, 0.05) is 31.1 Å². The van der Waals surface area contributed by atoms with Crippen molar-refractivity contribution in [2.75, 3.05) is 33.3 Å². The molecular formula is C20H30N2O2. The zero-order chi connectivity index (χ0) is 16.9. The van der Waals surface area contributed by atoms with Crippen LogP contribution in [0.15, 0.2) is 24.3 Å². The molecule has 0 aliphatic carbocycles. The lowest BCUT2D eigenvalue weighted by molar-refractivity contribution is -0.138. The molecule has 4 heteroatoms. The fourth-order valence-electron chi connectivity index (χ4n) is 4.06. The summed E-state index contributed by atoms with van der Waals surface area (Å²) < 4.78 is 5.45. The van der Waals surface area contributed by atoms with Gasteiger partial charge in [0.1, 0.15) is 5.75 Å². The molecule has 0 N–H and O–H groups in total. The van der Waals surface area contributed by atoms with Crippen LogP contribution in [0.3, 0.4) is 0 Å². The van der Waals surface area contributed by atoms with E-state index in [9.17, 15) is 4.79 Å². The average Bonchev–Trinajstić information content (AvgIpc) is 2.62. The molecule has 0 unspecified atom stereocenters. The van der Waals surface area contributed by atoms with E-state index >= 15 is 0 Å². The number of likely N-dealkylation sites (tertiary alicyclic amines) is 2. The molecule has 1 aromatic carbocycles. The number of para-hydroxylation sites is 1. The van der Waals surface area contributed by atoms with Gasteiger partial charge in [0.2, 0.25) is 5.91 Å². The molecule has 1 atom stereocenters. The van der Waals surface area contributed by atoms with Crippen molar-refractivity contribution < 1.29 is 9.53 Å². The second kappa shape index (κ2) is 8.02. The number of piperidine rings is 2. The summed E-state index contributed by atoms with van der Waals surface area (Å²) in [4.78, 5) is 17.3. The summed E-state index contributed by atoms with van der Waals surface area (Å²) in [5.74, 6) is 2.24. The molecule has 0 saturated carbocycles. The van der Waals surface area contributed by atoms with Crippen LogP contribution >= 0.6 is 0 Å². The molecule has 24 heavy (non-hydrogen) atoms. The van der Waals surface area contributed by atoms with E-state index in [0.29, 0.717) is 11.8 Å². The number of benzene rings is 1. The van der Waals surface area contributed by atoms with Crippen molar-refractivity contribution in [3.05, 3.63) is 29.8 Å². The molecule has 0 aromatic heterocycles. The number of ether oxygens (including phenoxy) is 1. The molecule has 3 rings (SSSR count). The molecule has 2 aliphatic heterocycles. The zero-order valence-corrected chi connectivity index (χ0v) is 15.0. The zero-order valence-electron chi connectivity index (χ0n) is 15.0. The first-order chi connectivity index (χ1) is 11.7. The van der Waals surface area contributed by atoms with E-state index in [2.05, 4.69) is 28.9 Å². The maximum absolute atomic E-state index is 12.8. The summed E-state index contributed by atoms with van der Waals surface area (Å²) >= 11 is 0. The van der Waals surface area contributed by atoms with E-state index in [0.717, 1.165) is 51.3 Å². The molecule has 1 amide bonds. The van der Waals surface area contributed by atoms with E-state index in [1.807, 2.05) is 12.1 Å². The third kappa shape index (κ3) is 4.10. The van der Waals surface area contributed by atoms with Crippen molar-refractivity contribution in [3.8, 4) is 5.75 Å². The molecule has 132 valence electrons. The minimum Gasteiger partial charge on any atom is -0.496 e. The molecular weight excluding hydrogens is 300 g/mol. The minimum atomic E-state index is 0.226. The van der Waals surface area contributed by atoms with Crippen molar-refractivity contribution >= 4 is 5.91 Å². The van der Waals surface area contributed by atoms with Gasteiger partial charge in [-0.3, -0.25) is 9.69 Å². The molecule has 2 fully saturated rings. The molecule has 2 saturated heterocycles. The van der Waals surface area contributed by atoms with Crippen molar-refractivity contribution in [2.24, 2.45) is 11.8 Å². The van der Waals surface area contributed by atoms with Crippen LogP contribution in [0, 0.1) is 11.8 Å². The van der Waals surface area contributed by atoms with Crippen LogP contribution in [0.25, 0.3) is 0 Å². The number of rotatable bonds is 4. The Kier molecular flexibility index (Phi) is 5.77. The first-order valence-corrected chi connectivity index (χ1v) is 9.30. The van der Waals surface area contributed by atoms with Crippen molar-refractivity contribution in [2.45, 2.75) is 39.2 Å². The van der Waals surface area contributed by atoms with Gasteiger partial charge in [-0.25, -0.2) is 0 Å². The van der Waals surface area contributed by atoms with Crippen molar-refractivity contribution in [1.29, 1.82) is 0 Å². The Morgan fingerprint density at radius 1 is 1.17 bits per heavy atom. The van der Waals surface area contributed by atoms with Crippen LogP contribution in [-0.4, -0.2) is 49.0 Å². The number of carbonyl (C=O) groups excluding carboxylic acids is 1. The van der Waals surface area contributed by atoms with Gasteiger partial charge in [-0.2, -0.15) is 0 Å². The lowest BCUT2D eigenvalue weighted by atomic mass is 9.92. The van der Waals surface area contributed by atoms with Gasteiger partial charge < -0.3 is 9.64 Å². The van der Waals surface area contributed by atoms with Crippen LogP contribution in [0.1, 0.15) is 38.2 Å². The summed E-state index contributed by atoms with van der Waals surface area (Å²) in [5.41, 5.74) is 1.23. The van der Waals surface area contributed by atoms with E-state index in [4.69, 9.17) is 4.74 Å².